The Labute approximate surface area is 179 Å². The Balaban J connectivity index is 1.84. The van der Waals surface area contributed by atoms with Crippen LogP contribution in [0.25, 0.3) is 6.08 Å². The summed E-state index contributed by atoms with van der Waals surface area (Å²) in [6.45, 7) is 1.83. The van der Waals surface area contributed by atoms with Crippen LogP contribution in [-0.4, -0.2) is 24.1 Å². The molecule has 7 heteroatoms. The van der Waals surface area contributed by atoms with Gasteiger partial charge in [0.2, 0.25) is 0 Å². The van der Waals surface area contributed by atoms with E-state index in [1.54, 1.807) is 37.5 Å². The molecule has 2 N–H and O–H groups in total. The van der Waals surface area contributed by atoms with Gasteiger partial charge in [0, 0.05) is 17.7 Å². The maximum Gasteiger partial charge on any atom is 0.343 e. The SMILES string of the molecule is COc1ccccc1C=CC(=O)c1cc(C)ccc1OC(=O)c1ccc([NH+]([O-])O)cc1. The molecule has 0 spiro atoms. The summed E-state index contributed by atoms with van der Waals surface area (Å²) in [4.78, 5) is 25.3. The number of ether oxygens (including phenoxy) is 2. The second-order valence-electron chi connectivity index (χ2n) is 6.71. The van der Waals surface area contributed by atoms with Gasteiger partial charge in [-0.05, 0) is 49.4 Å². The summed E-state index contributed by atoms with van der Waals surface area (Å²) in [6, 6.07) is 17.6. The van der Waals surface area contributed by atoms with Gasteiger partial charge in [0.15, 0.2) is 11.5 Å². The molecule has 0 aliphatic rings. The van der Waals surface area contributed by atoms with E-state index >= 15 is 0 Å². The minimum Gasteiger partial charge on any atom is -0.595 e. The van der Waals surface area contributed by atoms with E-state index in [1.165, 1.54) is 30.3 Å². The van der Waals surface area contributed by atoms with Crippen molar-refractivity contribution in [1.29, 1.82) is 0 Å². The third-order valence-electron chi connectivity index (χ3n) is 4.52. The predicted octanol–water partition coefficient (Wildman–Crippen LogP) is 3.52. The quantitative estimate of drug-likeness (QED) is 0.200. The third-order valence-corrected chi connectivity index (χ3v) is 4.52. The van der Waals surface area contributed by atoms with Gasteiger partial charge in [0.05, 0.1) is 18.2 Å². The zero-order chi connectivity index (χ0) is 22.4. The van der Waals surface area contributed by atoms with Gasteiger partial charge < -0.3 is 14.7 Å². The van der Waals surface area contributed by atoms with Crippen LogP contribution in [0.1, 0.15) is 31.8 Å². The Morgan fingerprint density at radius 3 is 2.39 bits per heavy atom. The van der Waals surface area contributed by atoms with Gasteiger partial charge in [-0.1, -0.05) is 29.8 Å². The molecule has 0 saturated heterocycles. The van der Waals surface area contributed by atoms with E-state index in [9.17, 15) is 14.8 Å². The topological polar surface area (TPSA) is 100 Å². The fourth-order valence-electron chi connectivity index (χ4n) is 2.89. The van der Waals surface area contributed by atoms with Gasteiger partial charge in [-0.15, -0.1) is 0 Å². The summed E-state index contributed by atoms with van der Waals surface area (Å²) in [6.07, 6.45) is 3.03. The average molecular weight is 419 g/mol. The molecule has 0 amide bonds. The van der Waals surface area contributed by atoms with E-state index in [1.807, 2.05) is 25.1 Å². The first-order valence-corrected chi connectivity index (χ1v) is 9.40. The number of quaternary nitrogens is 1. The number of hydrogen-bond donors (Lipinski definition) is 2. The first kappa shape index (κ1) is 21.9. The summed E-state index contributed by atoms with van der Waals surface area (Å²) >= 11 is 0. The molecule has 31 heavy (non-hydrogen) atoms. The zero-order valence-electron chi connectivity index (χ0n) is 17.0. The highest BCUT2D eigenvalue weighted by Crippen LogP contribution is 2.24. The molecule has 3 rings (SSSR count). The maximum atomic E-state index is 12.8. The summed E-state index contributed by atoms with van der Waals surface area (Å²) in [5.41, 5.74) is 2.04. The molecule has 1 atom stereocenters. The zero-order valence-corrected chi connectivity index (χ0v) is 17.0. The first-order valence-electron chi connectivity index (χ1n) is 9.40. The molecule has 0 bridgehead atoms. The number of nitrogens with one attached hydrogen (secondary N) is 1. The molecular weight excluding hydrogens is 398 g/mol. The Bertz CT molecular complexity index is 1120. The fourth-order valence-corrected chi connectivity index (χ4v) is 2.89. The van der Waals surface area contributed by atoms with Crippen LogP contribution in [0, 0.1) is 12.1 Å². The van der Waals surface area contributed by atoms with Gasteiger partial charge in [-0.25, -0.2) is 10.0 Å². The molecule has 0 aliphatic carbocycles. The lowest BCUT2D eigenvalue weighted by Gasteiger charge is -2.12. The highest BCUT2D eigenvalue weighted by molar-refractivity contribution is 6.09. The van der Waals surface area contributed by atoms with Crippen molar-refractivity contribution in [2.24, 2.45) is 0 Å². The minimum atomic E-state index is -1.09. The van der Waals surface area contributed by atoms with Crippen LogP contribution in [0.15, 0.2) is 72.8 Å². The molecule has 1 unspecified atom stereocenters. The van der Waals surface area contributed by atoms with Gasteiger partial charge in [-0.2, -0.15) is 5.23 Å². The van der Waals surface area contributed by atoms with Crippen LogP contribution in [0.4, 0.5) is 5.69 Å². The van der Waals surface area contributed by atoms with E-state index < -0.39 is 11.2 Å². The molecule has 0 fully saturated rings. The Hall–Kier alpha value is -3.78. The number of para-hydroxylation sites is 1. The lowest BCUT2D eigenvalue weighted by molar-refractivity contribution is -0.991. The van der Waals surface area contributed by atoms with Gasteiger partial charge in [0.1, 0.15) is 11.5 Å². The molecule has 158 valence electrons. The second kappa shape index (κ2) is 9.82. The summed E-state index contributed by atoms with van der Waals surface area (Å²) in [5.74, 6) is -0.276. The van der Waals surface area contributed by atoms with E-state index in [2.05, 4.69) is 0 Å². The monoisotopic (exact) mass is 419 g/mol. The van der Waals surface area contributed by atoms with Crippen LogP contribution in [0.3, 0.4) is 0 Å². The molecule has 3 aromatic carbocycles. The normalized spacial score (nSPS) is 11.9. The van der Waals surface area contributed by atoms with Gasteiger partial charge in [-0.3, -0.25) is 4.79 Å². The molecule has 0 radical (unpaired) electrons. The summed E-state index contributed by atoms with van der Waals surface area (Å²) < 4.78 is 10.7. The van der Waals surface area contributed by atoms with Crippen molar-refractivity contribution in [2.75, 3.05) is 7.11 Å². The van der Waals surface area contributed by atoms with Crippen molar-refractivity contribution in [1.82, 2.24) is 0 Å². The van der Waals surface area contributed by atoms with Crippen LogP contribution in [-0.2, 0) is 0 Å². The number of carbonyl (C=O) groups is 2. The number of benzene rings is 3. The smallest absolute Gasteiger partial charge is 0.343 e. The van der Waals surface area contributed by atoms with E-state index in [4.69, 9.17) is 14.7 Å². The van der Waals surface area contributed by atoms with E-state index in [-0.39, 0.29) is 28.3 Å². The Morgan fingerprint density at radius 2 is 1.71 bits per heavy atom. The van der Waals surface area contributed by atoms with Crippen LogP contribution in [0.2, 0.25) is 0 Å². The largest absolute Gasteiger partial charge is 0.595 e. The van der Waals surface area contributed by atoms with E-state index in [0.717, 1.165) is 11.1 Å². The van der Waals surface area contributed by atoms with Crippen LogP contribution in [0.5, 0.6) is 11.5 Å². The van der Waals surface area contributed by atoms with Crippen molar-refractivity contribution >= 4 is 23.5 Å². The lowest BCUT2D eigenvalue weighted by Crippen LogP contribution is -2.99. The molecule has 0 aliphatic heterocycles. The van der Waals surface area contributed by atoms with Crippen molar-refractivity contribution in [3.63, 3.8) is 0 Å². The number of esters is 1. The van der Waals surface area contributed by atoms with Crippen molar-refractivity contribution in [3.8, 4) is 11.5 Å². The van der Waals surface area contributed by atoms with Crippen LogP contribution < -0.4 is 14.7 Å². The average Bonchev–Trinajstić information content (AvgIpc) is 2.78. The number of allylic oxidation sites excluding steroid dienone is 1. The van der Waals surface area contributed by atoms with Gasteiger partial charge in [0.25, 0.3) is 0 Å². The van der Waals surface area contributed by atoms with Gasteiger partial charge >= 0.3 is 5.97 Å². The van der Waals surface area contributed by atoms with E-state index in [0.29, 0.717) is 5.75 Å². The Kier molecular flexibility index (Phi) is 6.94. The minimum absolute atomic E-state index is 0.0595. The number of ketones is 1. The summed E-state index contributed by atoms with van der Waals surface area (Å²) in [5, 5.41) is 18.8. The molecule has 0 heterocycles. The highest BCUT2D eigenvalue weighted by Gasteiger charge is 2.16. The number of hydrogen-bond acceptors (Lipinski definition) is 6. The summed E-state index contributed by atoms with van der Waals surface area (Å²) in [7, 11) is 1.55. The predicted molar refractivity (Wildman–Crippen MR) is 115 cm³/mol. The first-order chi connectivity index (χ1) is 14.9. The number of aryl methyl sites for hydroxylation is 1. The standard InChI is InChI=1S/C24H21NO6/c1-16-7-14-23(31-24(27)18-8-11-19(12-9-18)25(28)29)20(15-16)21(26)13-10-17-5-3-4-6-22(17)30-2/h3-15,25,28H,1-2H3. The number of rotatable bonds is 7. The molecule has 3 aromatic rings. The van der Waals surface area contributed by atoms with Crippen LogP contribution >= 0.6 is 0 Å². The highest BCUT2D eigenvalue weighted by atomic mass is 16.8. The van der Waals surface area contributed by atoms with Crippen molar-refractivity contribution in [2.45, 2.75) is 6.92 Å². The molecule has 0 saturated carbocycles. The Morgan fingerprint density at radius 1 is 1.00 bits per heavy atom. The number of methoxy groups -OCH3 is 1. The fraction of sp³-hybridized carbons (Fsp3) is 0.0833. The maximum absolute atomic E-state index is 12.8. The third kappa shape index (κ3) is 5.43. The second-order valence-corrected chi connectivity index (χ2v) is 6.71. The molecular formula is C24H21NO6. The molecule has 0 aromatic heterocycles. The van der Waals surface area contributed by atoms with Crippen molar-refractivity contribution < 1.29 is 29.5 Å². The van der Waals surface area contributed by atoms with Crippen molar-refractivity contribution in [3.05, 3.63) is 100 Å². The lowest BCUT2D eigenvalue weighted by atomic mass is 10.0. The molecule has 7 nitrogen and oxygen atoms in total. The number of carbonyl (C=O) groups excluding carboxylic acids is 2.